The third kappa shape index (κ3) is 2.26. The molecule has 2 aromatic carbocycles. The number of anilines is 1. The number of rotatable bonds is 3. The van der Waals surface area contributed by atoms with Gasteiger partial charge in [-0.3, -0.25) is 0 Å². The van der Waals surface area contributed by atoms with Gasteiger partial charge in [0.25, 0.3) is 0 Å². The molecule has 4 aromatic rings. The second kappa shape index (κ2) is 5.72. The Balaban J connectivity index is 2.04. The van der Waals surface area contributed by atoms with Gasteiger partial charge >= 0.3 is 0 Å². The molecule has 0 saturated carbocycles. The van der Waals surface area contributed by atoms with E-state index < -0.39 is 0 Å². The van der Waals surface area contributed by atoms with Crippen LogP contribution in [-0.4, -0.2) is 34.4 Å². The number of benzene rings is 2. The number of hydrogen-bond acceptors (Lipinski definition) is 7. The zero-order valence-corrected chi connectivity index (χ0v) is 14.5. The van der Waals surface area contributed by atoms with E-state index in [2.05, 4.69) is 41.5 Å². The van der Waals surface area contributed by atoms with Crippen LogP contribution in [0.5, 0.6) is 5.75 Å². The number of aromatic nitrogens is 4. The smallest absolute Gasteiger partial charge is 0.223 e. The molecule has 0 fully saturated rings. The Labute approximate surface area is 145 Å². The molecule has 7 nitrogen and oxygen atoms in total. The van der Waals surface area contributed by atoms with Crippen LogP contribution in [0.25, 0.3) is 33.1 Å². The van der Waals surface area contributed by atoms with Crippen molar-refractivity contribution in [2.24, 2.45) is 0 Å². The first-order valence-electron chi connectivity index (χ1n) is 7.15. The van der Waals surface area contributed by atoms with E-state index in [1.165, 1.54) is 0 Å². The van der Waals surface area contributed by atoms with Gasteiger partial charge in [-0.05, 0) is 55.6 Å². The number of hydrogen-bond donors (Lipinski definition) is 1. The van der Waals surface area contributed by atoms with Crippen LogP contribution in [-0.2, 0) is 0 Å². The number of ether oxygens (including phenoxy) is 1. The molecule has 0 radical (unpaired) electrons. The van der Waals surface area contributed by atoms with Crippen molar-refractivity contribution in [3.8, 4) is 16.9 Å². The van der Waals surface area contributed by atoms with Crippen molar-refractivity contribution in [1.82, 2.24) is 20.3 Å². The highest BCUT2D eigenvalue weighted by Crippen LogP contribution is 2.39. The molecule has 24 heavy (non-hydrogen) atoms. The molecule has 0 saturated heterocycles. The van der Waals surface area contributed by atoms with Crippen LogP contribution in [0, 0.1) is 0 Å². The average molecular weight is 386 g/mol. The van der Waals surface area contributed by atoms with Crippen LogP contribution < -0.4 is 10.1 Å². The van der Waals surface area contributed by atoms with Gasteiger partial charge in [-0.15, -0.1) is 0 Å². The van der Waals surface area contributed by atoms with E-state index >= 15 is 0 Å². The summed E-state index contributed by atoms with van der Waals surface area (Å²) in [7, 11) is 3.39. The highest BCUT2D eigenvalue weighted by atomic mass is 79.9. The van der Waals surface area contributed by atoms with E-state index in [1.807, 2.05) is 24.3 Å². The summed E-state index contributed by atoms with van der Waals surface area (Å²) in [6.45, 7) is 0. The van der Waals surface area contributed by atoms with E-state index in [0.717, 1.165) is 26.5 Å². The maximum Gasteiger partial charge on any atom is 0.223 e. The lowest BCUT2D eigenvalue weighted by Gasteiger charge is -2.13. The molecule has 0 aliphatic rings. The van der Waals surface area contributed by atoms with E-state index in [1.54, 1.807) is 20.4 Å². The summed E-state index contributed by atoms with van der Waals surface area (Å²) in [4.78, 5) is 8.87. The van der Waals surface area contributed by atoms with Gasteiger partial charge in [0.1, 0.15) is 16.6 Å². The molecule has 0 aliphatic heterocycles. The molecule has 0 aliphatic carbocycles. The lowest BCUT2D eigenvalue weighted by atomic mass is 10.0. The van der Waals surface area contributed by atoms with Gasteiger partial charge in [-0.25, -0.2) is 14.6 Å². The van der Waals surface area contributed by atoms with Crippen molar-refractivity contribution >= 4 is 43.8 Å². The Morgan fingerprint density at radius 2 is 2.00 bits per heavy atom. The summed E-state index contributed by atoms with van der Waals surface area (Å²) < 4.78 is 11.1. The summed E-state index contributed by atoms with van der Waals surface area (Å²) in [6, 6.07) is 7.74. The fraction of sp³-hybridized carbons (Fsp3) is 0.125. The van der Waals surface area contributed by atoms with Crippen LogP contribution in [0.3, 0.4) is 0 Å². The second-order valence-electron chi connectivity index (χ2n) is 5.11. The molecular weight excluding hydrogens is 374 g/mol. The van der Waals surface area contributed by atoms with Gasteiger partial charge in [0.2, 0.25) is 5.95 Å². The topological polar surface area (TPSA) is 86.0 Å². The van der Waals surface area contributed by atoms with Gasteiger partial charge in [0.15, 0.2) is 5.75 Å². The highest BCUT2D eigenvalue weighted by molar-refractivity contribution is 9.10. The van der Waals surface area contributed by atoms with Crippen molar-refractivity contribution < 1.29 is 9.37 Å². The zero-order chi connectivity index (χ0) is 16.7. The predicted octanol–water partition coefficient (Wildman–Crippen LogP) is 3.65. The number of methoxy groups -OCH3 is 1. The first-order chi connectivity index (χ1) is 11.7. The summed E-state index contributed by atoms with van der Waals surface area (Å²) in [6.07, 6.45) is 1.78. The zero-order valence-electron chi connectivity index (χ0n) is 12.9. The Morgan fingerprint density at radius 3 is 2.79 bits per heavy atom. The molecule has 0 bridgehead atoms. The van der Waals surface area contributed by atoms with Crippen LogP contribution in [0.4, 0.5) is 5.95 Å². The SMILES string of the molecule is CNc1ncc2c(-c3ccc4nonc4c3)cc(Br)c(OC)c2n1. The molecule has 0 amide bonds. The molecule has 4 rings (SSSR count). The lowest BCUT2D eigenvalue weighted by molar-refractivity contribution is 0.315. The lowest BCUT2D eigenvalue weighted by Crippen LogP contribution is -1.99. The quantitative estimate of drug-likeness (QED) is 0.575. The molecule has 2 aromatic heterocycles. The van der Waals surface area contributed by atoms with Crippen molar-refractivity contribution in [3.05, 3.63) is 34.9 Å². The van der Waals surface area contributed by atoms with Crippen LogP contribution >= 0.6 is 15.9 Å². The summed E-state index contributed by atoms with van der Waals surface area (Å²) in [5.74, 6) is 1.19. The molecule has 0 atom stereocenters. The standard InChI is InChI=1S/C16H12BrN5O2/c1-18-16-19-7-10-9(6-11(17)15(23-2)14(10)20-16)8-3-4-12-13(5-8)22-24-21-12/h3-7H,1-2H3,(H,18,19,20). The number of nitrogens with one attached hydrogen (secondary N) is 1. The first kappa shape index (κ1) is 14.8. The second-order valence-corrected chi connectivity index (χ2v) is 5.97. The van der Waals surface area contributed by atoms with Gasteiger partial charge < -0.3 is 10.1 Å². The van der Waals surface area contributed by atoms with Gasteiger partial charge in [0, 0.05) is 18.6 Å². The summed E-state index contributed by atoms with van der Waals surface area (Å²) >= 11 is 3.56. The minimum absolute atomic E-state index is 0.529. The largest absolute Gasteiger partial charge is 0.493 e. The third-order valence-corrected chi connectivity index (χ3v) is 4.36. The highest BCUT2D eigenvalue weighted by Gasteiger charge is 2.16. The Bertz CT molecular complexity index is 1060. The molecule has 1 N–H and O–H groups in total. The maximum atomic E-state index is 5.50. The molecule has 8 heteroatoms. The summed E-state index contributed by atoms with van der Waals surface area (Å²) in [5, 5.41) is 11.6. The average Bonchev–Trinajstić information content (AvgIpc) is 3.08. The molecule has 0 unspecified atom stereocenters. The van der Waals surface area contributed by atoms with Crippen molar-refractivity contribution in [2.45, 2.75) is 0 Å². The minimum Gasteiger partial charge on any atom is -0.493 e. The van der Waals surface area contributed by atoms with Crippen LogP contribution in [0.1, 0.15) is 0 Å². The molecule has 0 spiro atoms. The molecule has 120 valence electrons. The summed E-state index contributed by atoms with van der Waals surface area (Å²) in [5.41, 5.74) is 4.06. The minimum atomic E-state index is 0.529. The Kier molecular flexibility index (Phi) is 3.53. The predicted molar refractivity (Wildman–Crippen MR) is 94.1 cm³/mol. The Morgan fingerprint density at radius 1 is 1.17 bits per heavy atom. The van der Waals surface area contributed by atoms with Crippen molar-refractivity contribution in [1.29, 1.82) is 0 Å². The van der Waals surface area contributed by atoms with Gasteiger partial charge in [-0.1, -0.05) is 6.07 Å². The van der Waals surface area contributed by atoms with E-state index in [4.69, 9.17) is 9.37 Å². The number of fused-ring (bicyclic) bond motifs is 2. The van der Waals surface area contributed by atoms with Crippen molar-refractivity contribution in [2.75, 3.05) is 19.5 Å². The van der Waals surface area contributed by atoms with Crippen LogP contribution in [0.2, 0.25) is 0 Å². The first-order valence-corrected chi connectivity index (χ1v) is 7.94. The van der Waals surface area contributed by atoms with Crippen molar-refractivity contribution in [3.63, 3.8) is 0 Å². The fourth-order valence-corrected chi connectivity index (χ4v) is 3.22. The normalized spacial score (nSPS) is 11.1. The number of nitrogens with zero attached hydrogens (tertiary/aromatic N) is 4. The van der Waals surface area contributed by atoms with Crippen LogP contribution in [0.15, 0.2) is 39.6 Å². The van der Waals surface area contributed by atoms with E-state index in [-0.39, 0.29) is 0 Å². The van der Waals surface area contributed by atoms with E-state index in [0.29, 0.717) is 22.7 Å². The maximum absolute atomic E-state index is 5.50. The molecular formula is C16H12BrN5O2. The third-order valence-electron chi connectivity index (χ3n) is 3.77. The number of halogens is 1. The fourth-order valence-electron chi connectivity index (χ4n) is 2.64. The molecule has 2 heterocycles. The monoisotopic (exact) mass is 385 g/mol. The van der Waals surface area contributed by atoms with Gasteiger partial charge in [-0.2, -0.15) is 0 Å². The Hall–Kier alpha value is -2.74. The van der Waals surface area contributed by atoms with Gasteiger partial charge in [0.05, 0.1) is 11.6 Å². The van der Waals surface area contributed by atoms with E-state index in [9.17, 15) is 0 Å².